The number of hydrogen-bond acceptors (Lipinski definition) is 4. The van der Waals surface area contributed by atoms with Crippen molar-refractivity contribution in [2.45, 2.75) is 31.6 Å². The lowest BCUT2D eigenvalue weighted by Crippen LogP contribution is -2.41. The Labute approximate surface area is 131 Å². The van der Waals surface area contributed by atoms with Gasteiger partial charge in [-0.05, 0) is 56.8 Å². The van der Waals surface area contributed by atoms with Crippen LogP contribution in [0.4, 0.5) is 0 Å². The summed E-state index contributed by atoms with van der Waals surface area (Å²) in [5.41, 5.74) is 1.78. The second-order valence-corrected chi connectivity index (χ2v) is 6.44. The number of aliphatic hydroxyl groups is 1. The number of carbonyl (C=O) groups is 1. The first kappa shape index (κ1) is 15.4. The molecule has 3 rings (SSSR count). The van der Waals surface area contributed by atoms with Crippen molar-refractivity contribution in [2.24, 2.45) is 5.92 Å². The molecule has 22 heavy (non-hydrogen) atoms. The van der Waals surface area contributed by atoms with Crippen molar-refractivity contribution >= 4 is 5.91 Å². The number of nitrogens with one attached hydrogen (secondary N) is 1. The van der Waals surface area contributed by atoms with Crippen molar-refractivity contribution in [3.05, 3.63) is 29.6 Å². The van der Waals surface area contributed by atoms with Crippen LogP contribution in [0.5, 0.6) is 0 Å². The lowest BCUT2D eigenvalue weighted by atomic mass is 9.93. The van der Waals surface area contributed by atoms with Gasteiger partial charge in [-0.15, -0.1) is 0 Å². The highest BCUT2D eigenvalue weighted by molar-refractivity contribution is 5.94. The van der Waals surface area contributed by atoms with E-state index in [-0.39, 0.29) is 18.4 Å². The lowest BCUT2D eigenvalue weighted by molar-refractivity contribution is 0.0620. The summed E-state index contributed by atoms with van der Waals surface area (Å²) in [6.45, 7) is 3.67. The van der Waals surface area contributed by atoms with Crippen LogP contribution >= 0.6 is 0 Å². The minimum atomic E-state index is 0.0794. The number of amides is 1. The maximum absolute atomic E-state index is 12.7. The molecule has 2 saturated heterocycles. The number of carbonyl (C=O) groups excluding carboxylic acids is 1. The number of nitrogens with zero attached hydrogens (tertiary/aromatic N) is 2. The zero-order valence-electron chi connectivity index (χ0n) is 13.0. The zero-order chi connectivity index (χ0) is 15.4. The molecule has 0 aliphatic carbocycles. The first-order valence-corrected chi connectivity index (χ1v) is 8.34. The molecule has 0 aromatic carbocycles. The molecule has 3 heterocycles. The Hall–Kier alpha value is -1.46. The second kappa shape index (κ2) is 7.20. The third-order valence-electron chi connectivity index (χ3n) is 4.85. The van der Waals surface area contributed by atoms with Crippen molar-refractivity contribution in [1.82, 2.24) is 15.2 Å². The van der Waals surface area contributed by atoms with Crippen molar-refractivity contribution in [1.29, 1.82) is 0 Å². The van der Waals surface area contributed by atoms with Gasteiger partial charge in [0.1, 0.15) is 0 Å². The van der Waals surface area contributed by atoms with Crippen LogP contribution in [0.3, 0.4) is 0 Å². The first-order chi connectivity index (χ1) is 10.8. The molecule has 5 heteroatoms. The van der Waals surface area contributed by atoms with Crippen LogP contribution < -0.4 is 5.32 Å². The Morgan fingerprint density at radius 1 is 1.36 bits per heavy atom. The predicted molar refractivity (Wildman–Crippen MR) is 84.8 cm³/mol. The first-order valence-electron chi connectivity index (χ1n) is 8.34. The van der Waals surface area contributed by atoms with Gasteiger partial charge < -0.3 is 15.3 Å². The van der Waals surface area contributed by atoms with Gasteiger partial charge in [-0.25, -0.2) is 0 Å². The molecule has 2 aliphatic heterocycles. The summed E-state index contributed by atoms with van der Waals surface area (Å²) in [6.07, 6.45) is 5.92. The monoisotopic (exact) mass is 303 g/mol. The van der Waals surface area contributed by atoms with Gasteiger partial charge in [-0.1, -0.05) is 0 Å². The standard InChI is InChI=1S/C17H25N3O2/c21-12-13-2-1-9-20(11-13)17(22)15-5-8-19-16(10-15)14-3-6-18-7-4-14/h5,8,10,13-14,18,21H,1-4,6-7,9,11-12H2. The highest BCUT2D eigenvalue weighted by Gasteiger charge is 2.25. The number of hydrogen-bond donors (Lipinski definition) is 2. The smallest absolute Gasteiger partial charge is 0.253 e. The molecule has 120 valence electrons. The van der Waals surface area contributed by atoms with E-state index in [0.29, 0.717) is 12.5 Å². The molecule has 2 N–H and O–H groups in total. The van der Waals surface area contributed by atoms with Gasteiger partial charge in [0.05, 0.1) is 0 Å². The summed E-state index contributed by atoms with van der Waals surface area (Å²) >= 11 is 0. The molecule has 0 radical (unpaired) electrons. The number of pyridine rings is 1. The average molecular weight is 303 g/mol. The van der Waals surface area contributed by atoms with E-state index in [9.17, 15) is 9.90 Å². The maximum Gasteiger partial charge on any atom is 0.253 e. The zero-order valence-corrected chi connectivity index (χ0v) is 13.0. The van der Waals surface area contributed by atoms with E-state index in [0.717, 1.165) is 56.6 Å². The predicted octanol–water partition coefficient (Wildman–Crippen LogP) is 1.39. The van der Waals surface area contributed by atoms with Crippen LogP contribution in [-0.4, -0.2) is 53.7 Å². The molecule has 1 amide bonds. The average Bonchev–Trinajstić information content (AvgIpc) is 2.62. The Morgan fingerprint density at radius 3 is 2.95 bits per heavy atom. The van der Waals surface area contributed by atoms with Crippen LogP contribution in [0.25, 0.3) is 0 Å². The molecule has 2 fully saturated rings. The van der Waals surface area contributed by atoms with Gasteiger partial charge in [0.15, 0.2) is 0 Å². The van der Waals surface area contributed by atoms with Gasteiger partial charge in [0.25, 0.3) is 5.91 Å². The minimum Gasteiger partial charge on any atom is -0.396 e. The van der Waals surface area contributed by atoms with Crippen LogP contribution in [0.1, 0.15) is 47.7 Å². The van der Waals surface area contributed by atoms with Gasteiger partial charge in [0.2, 0.25) is 0 Å². The van der Waals surface area contributed by atoms with Gasteiger partial charge >= 0.3 is 0 Å². The van der Waals surface area contributed by atoms with Gasteiger partial charge in [-0.3, -0.25) is 9.78 Å². The van der Waals surface area contributed by atoms with E-state index >= 15 is 0 Å². The van der Waals surface area contributed by atoms with Crippen LogP contribution in [-0.2, 0) is 0 Å². The quantitative estimate of drug-likeness (QED) is 0.886. The van der Waals surface area contributed by atoms with Crippen LogP contribution in [0, 0.1) is 5.92 Å². The molecule has 1 unspecified atom stereocenters. The Kier molecular flexibility index (Phi) is 5.05. The summed E-state index contributed by atoms with van der Waals surface area (Å²) < 4.78 is 0. The maximum atomic E-state index is 12.7. The van der Waals surface area contributed by atoms with E-state index in [1.54, 1.807) is 6.20 Å². The Balaban J connectivity index is 1.72. The van der Waals surface area contributed by atoms with E-state index in [1.807, 2.05) is 17.0 Å². The Bertz CT molecular complexity index is 514. The van der Waals surface area contributed by atoms with Crippen LogP contribution in [0.2, 0.25) is 0 Å². The third kappa shape index (κ3) is 3.47. The molecular formula is C17H25N3O2. The van der Waals surface area contributed by atoms with Crippen LogP contribution in [0.15, 0.2) is 18.3 Å². The molecule has 5 nitrogen and oxygen atoms in total. The summed E-state index contributed by atoms with van der Waals surface area (Å²) in [5, 5.41) is 12.7. The highest BCUT2D eigenvalue weighted by atomic mass is 16.3. The van der Waals surface area contributed by atoms with E-state index in [2.05, 4.69) is 10.3 Å². The van der Waals surface area contributed by atoms with E-state index in [1.165, 1.54) is 0 Å². The SMILES string of the molecule is O=C(c1ccnc(C2CCNCC2)c1)N1CCCC(CO)C1. The second-order valence-electron chi connectivity index (χ2n) is 6.44. The summed E-state index contributed by atoms with van der Waals surface area (Å²) in [7, 11) is 0. The van der Waals surface area contributed by atoms with Crippen molar-refractivity contribution in [3.63, 3.8) is 0 Å². The number of rotatable bonds is 3. The fourth-order valence-electron chi connectivity index (χ4n) is 3.50. The molecule has 1 atom stereocenters. The van der Waals surface area contributed by atoms with E-state index in [4.69, 9.17) is 0 Å². The summed E-state index contributed by atoms with van der Waals surface area (Å²) in [4.78, 5) is 19.1. The van der Waals surface area contributed by atoms with E-state index < -0.39 is 0 Å². The molecule has 1 aromatic heterocycles. The lowest BCUT2D eigenvalue weighted by Gasteiger charge is -2.32. The van der Waals surface area contributed by atoms with Gasteiger partial charge in [0, 0.05) is 43.1 Å². The fraction of sp³-hybridized carbons (Fsp3) is 0.647. The Morgan fingerprint density at radius 2 is 2.18 bits per heavy atom. The number of aliphatic hydroxyl groups excluding tert-OH is 1. The number of aromatic nitrogens is 1. The fourth-order valence-corrected chi connectivity index (χ4v) is 3.50. The molecule has 0 spiro atoms. The summed E-state index contributed by atoms with van der Waals surface area (Å²) in [6, 6.07) is 3.79. The molecule has 0 saturated carbocycles. The highest BCUT2D eigenvalue weighted by Crippen LogP contribution is 2.25. The third-order valence-corrected chi connectivity index (χ3v) is 4.85. The normalized spacial score (nSPS) is 23.5. The van der Waals surface area contributed by atoms with Crippen molar-refractivity contribution in [3.8, 4) is 0 Å². The summed E-state index contributed by atoms with van der Waals surface area (Å²) in [5.74, 6) is 0.764. The molecular weight excluding hydrogens is 278 g/mol. The van der Waals surface area contributed by atoms with Gasteiger partial charge in [-0.2, -0.15) is 0 Å². The molecule has 0 bridgehead atoms. The van der Waals surface area contributed by atoms with Crippen molar-refractivity contribution < 1.29 is 9.90 Å². The largest absolute Gasteiger partial charge is 0.396 e. The molecule has 2 aliphatic rings. The number of piperidine rings is 2. The number of likely N-dealkylation sites (tertiary alicyclic amines) is 1. The minimum absolute atomic E-state index is 0.0794. The topological polar surface area (TPSA) is 65.5 Å². The van der Waals surface area contributed by atoms with Crippen molar-refractivity contribution in [2.75, 3.05) is 32.8 Å². The molecule has 1 aromatic rings.